The third-order valence-corrected chi connectivity index (χ3v) is 7.21. The van der Waals surface area contributed by atoms with Crippen LogP contribution in [0.4, 0.5) is 0 Å². The van der Waals surface area contributed by atoms with Crippen molar-refractivity contribution in [2.24, 2.45) is 23.2 Å². The van der Waals surface area contributed by atoms with Crippen molar-refractivity contribution < 1.29 is 23.5 Å². The molecule has 0 aliphatic carbocycles. The Labute approximate surface area is 192 Å². The number of rotatable bonds is 6. The van der Waals surface area contributed by atoms with Crippen LogP contribution in [0.25, 0.3) is 0 Å². The van der Waals surface area contributed by atoms with Crippen LogP contribution in [-0.4, -0.2) is 50.0 Å². The Morgan fingerprint density at radius 1 is 1.25 bits per heavy atom. The molecule has 3 rings (SSSR count). The molecular formula is C24H35N2O5Si. The highest BCUT2D eigenvalue weighted by atomic mass is 28.3. The molecular weight excluding hydrogens is 424 g/mol. The molecule has 0 bridgehead atoms. The molecule has 2 aliphatic rings. The summed E-state index contributed by atoms with van der Waals surface area (Å²) < 4.78 is 12.0. The maximum Gasteiger partial charge on any atom is 0.267 e. The Hall–Kier alpha value is -2.19. The third-order valence-electron chi connectivity index (χ3n) is 6.46. The molecule has 0 spiro atoms. The first-order valence-corrected chi connectivity index (χ1v) is 13.6. The number of ether oxygens (including phenoxy) is 1. The molecule has 1 radical (unpaired) electrons. The number of hydrogen-bond donors (Lipinski definition) is 1. The second-order valence-electron chi connectivity index (χ2n) is 10.6. The fourth-order valence-corrected chi connectivity index (χ4v) is 5.08. The number of carbonyl (C=O) groups is 3. The van der Waals surface area contributed by atoms with Crippen LogP contribution >= 0.6 is 0 Å². The van der Waals surface area contributed by atoms with Crippen LogP contribution < -0.4 is 10.1 Å². The quantitative estimate of drug-likeness (QED) is 0.520. The molecule has 1 N–H and O–H groups in total. The first kappa shape index (κ1) is 24.4. The third kappa shape index (κ3) is 4.48. The lowest BCUT2D eigenvalue weighted by Gasteiger charge is -2.50. The lowest BCUT2D eigenvalue weighted by atomic mass is 9.65. The molecule has 8 heteroatoms. The highest BCUT2D eigenvalue weighted by molar-refractivity contribution is 6.48. The molecule has 1 saturated heterocycles. The standard InChI is InChI=1S/C24H35N2O5Si/c1-14(19-18(20(27)25-19)16(23(2,3)4)13-30-32(7)8)21(28)26-22(29)15-11-9-10-12-17(15)31-24(26,5)6/h9-12,14,16,18-19H,13H2,1-8H3,(H,25,27)/t14-,16-,18+,19-/m1/s1. The van der Waals surface area contributed by atoms with Crippen molar-refractivity contribution in [3.05, 3.63) is 29.8 Å². The number of nitrogens with zero attached hydrogens (tertiary/aromatic N) is 1. The topological polar surface area (TPSA) is 84.9 Å². The largest absolute Gasteiger partial charge is 0.467 e. The van der Waals surface area contributed by atoms with Gasteiger partial charge in [0.2, 0.25) is 20.9 Å². The summed E-state index contributed by atoms with van der Waals surface area (Å²) in [6, 6.07) is 6.57. The van der Waals surface area contributed by atoms with Crippen molar-refractivity contribution in [2.75, 3.05) is 6.61 Å². The number of carbonyl (C=O) groups excluding carboxylic acids is 3. The van der Waals surface area contributed by atoms with Crippen LogP contribution in [0, 0.1) is 23.2 Å². The van der Waals surface area contributed by atoms with E-state index in [0.29, 0.717) is 17.9 Å². The van der Waals surface area contributed by atoms with Gasteiger partial charge >= 0.3 is 0 Å². The Bertz CT molecular complexity index is 908. The van der Waals surface area contributed by atoms with E-state index in [2.05, 4.69) is 39.2 Å². The van der Waals surface area contributed by atoms with Crippen molar-refractivity contribution in [3.8, 4) is 5.75 Å². The number of fused-ring (bicyclic) bond motifs is 1. The zero-order chi connectivity index (χ0) is 24.0. The van der Waals surface area contributed by atoms with Crippen molar-refractivity contribution in [2.45, 2.75) is 66.4 Å². The first-order chi connectivity index (χ1) is 14.8. The van der Waals surface area contributed by atoms with Crippen LogP contribution in [0.15, 0.2) is 24.3 Å². The number of amides is 3. The Balaban J connectivity index is 1.86. The molecule has 0 unspecified atom stereocenters. The summed E-state index contributed by atoms with van der Waals surface area (Å²) in [6.45, 7) is 16.1. The van der Waals surface area contributed by atoms with Crippen molar-refractivity contribution in [3.63, 3.8) is 0 Å². The molecule has 1 aromatic carbocycles. The summed E-state index contributed by atoms with van der Waals surface area (Å²) in [4.78, 5) is 40.7. The van der Waals surface area contributed by atoms with E-state index >= 15 is 0 Å². The SMILES string of the molecule is C[C@@H](C(=O)N1C(=O)c2ccccc2OC1(C)C)[C@H]1NC(=O)[C@H]1[C@@H](CO[Si](C)C)C(C)(C)C. The van der Waals surface area contributed by atoms with E-state index in [-0.39, 0.29) is 41.0 Å². The van der Waals surface area contributed by atoms with Gasteiger partial charge in [-0.15, -0.1) is 0 Å². The van der Waals surface area contributed by atoms with Gasteiger partial charge in [0.25, 0.3) is 5.91 Å². The number of benzene rings is 1. The molecule has 2 heterocycles. The molecule has 4 atom stereocenters. The second-order valence-corrected chi connectivity index (χ2v) is 12.7. The van der Waals surface area contributed by atoms with Gasteiger partial charge < -0.3 is 14.5 Å². The average molecular weight is 460 g/mol. The zero-order valence-corrected chi connectivity index (χ0v) is 21.3. The molecule has 2 aliphatic heterocycles. The summed E-state index contributed by atoms with van der Waals surface area (Å²) in [6.07, 6.45) is 0. The second kappa shape index (κ2) is 8.63. The number of β-lactam (4-membered cyclic amide) rings is 1. The highest BCUT2D eigenvalue weighted by Crippen LogP contribution is 2.41. The van der Waals surface area contributed by atoms with E-state index in [1.54, 1.807) is 45.0 Å². The smallest absolute Gasteiger partial charge is 0.267 e. The van der Waals surface area contributed by atoms with Gasteiger partial charge in [0.05, 0.1) is 23.4 Å². The fourth-order valence-electron chi connectivity index (χ4n) is 4.57. The fraction of sp³-hybridized carbons (Fsp3) is 0.625. The predicted molar refractivity (Wildman–Crippen MR) is 123 cm³/mol. The molecule has 1 fully saturated rings. The van der Waals surface area contributed by atoms with Gasteiger partial charge in [0.1, 0.15) is 5.75 Å². The summed E-state index contributed by atoms with van der Waals surface area (Å²) in [5.74, 6) is -1.32. The van der Waals surface area contributed by atoms with E-state index in [1.807, 2.05) is 0 Å². The molecule has 7 nitrogen and oxygen atoms in total. The van der Waals surface area contributed by atoms with Crippen LogP contribution in [0.5, 0.6) is 5.75 Å². The summed E-state index contributed by atoms with van der Waals surface area (Å²) in [7, 11) is -0.912. The summed E-state index contributed by atoms with van der Waals surface area (Å²) in [5.41, 5.74) is -0.944. The Morgan fingerprint density at radius 2 is 1.88 bits per heavy atom. The van der Waals surface area contributed by atoms with E-state index < -0.39 is 20.7 Å². The Kier molecular flexibility index (Phi) is 6.59. The average Bonchev–Trinajstić information content (AvgIpc) is 2.66. The minimum Gasteiger partial charge on any atom is -0.467 e. The van der Waals surface area contributed by atoms with E-state index in [9.17, 15) is 14.4 Å². The van der Waals surface area contributed by atoms with Gasteiger partial charge in [-0.2, -0.15) is 0 Å². The lowest BCUT2D eigenvalue weighted by molar-refractivity contribution is -0.156. The molecule has 32 heavy (non-hydrogen) atoms. The molecule has 0 aromatic heterocycles. The van der Waals surface area contributed by atoms with Gasteiger partial charge in [-0.1, -0.05) is 39.8 Å². The van der Waals surface area contributed by atoms with Crippen LogP contribution in [0.3, 0.4) is 0 Å². The van der Waals surface area contributed by atoms with Gasteiger partial charge in [-0.25, -0.2) is 4.90 Å². The molecule has 175 valence electrons. The maximum atomic E-state index is 13.6. The molecule has 3 amide bonds. The van der Waals surface area contributed by atoms with Gasteiger partial charge in [-0.3, -0.25) is 14.4 Å². The van der Waals surface area contributed by atoms with Gasteiger partial charge in [0, 0.05) is 6.61 Å². The number of para-hydroxylation sites is 1. The lowest BCUT2D eigenvalue weighted by Crippen LogP contribution is -2.69. The molecule has 1 aromatic rings. The summed E-state index contributed by atoms with van der Waals surface area (Å²) in [5, 5.41) is 2.93. The number of imide groups is 1. The van der Waals surface area contributed by atoms with Gasteiger partial charge in [-0.05, 0) is 50.4 Å². The monoisotopic (exact) mass is 459 g/mol. The van der Waals surface area contributed by atoms with E-state index in [1.165, 1.54) is 4.90 Å². The van der Waals surface area contributed by atoms with Crippen molar-refractivity contribution >= 4 is 26.8 Å². The van der Waals surface area contributed by atoms with E-state index in [0.717, 1.165) is 0 Å². The highest BCUT2D eigenvalue weighted by Gasteiger charge is 2.54. The predicted octanol–water partition coefficient (Wildman–Crippen LogP) is 3.46. The minimum absolute atomic E-state index is 0.0431. The number of hydrogen-bond acceptors (Lipinski definition) is 5. The van der Waals surface area contributed by atoms with Gasteiger partial charge in [0.15, 0.2) is 5.72 Å². The minimum atomic E-state index is -1.13. The van der Waals surface area contributed by atoms with Crippen LogP contribution in [0.2, 0.25) is 13.1 Å². The Morgan fingerprint density at radius 3 is 2.44 bits per heavy atom. The van der Waals surface area contributed by atoms with Crippen LogP contribution in [-0.2, 0) is 14.0 Å². The first-order valence-electron chi connectivity index (χ1n) is 11.2. The zero-order valence-electron chi connectivity index (χ0n) is 20.3. The molecule has 0 saturated carbocycles. The normalized spacial score (nSPS) is 24.2. The van der Waals surface area contributed by atoms with E-state index in [4.69, 9.17) is 9.16 Å². The van der Waals surface area contributed by atoms with Crippen LogP contribution in [0.1, 0.15) is 51.9 Å². The maximum absolute atomic E-state index is 13.6. The van der Waals surface area contributed by atoms with Crippen molar-refractivity contribution in [1.29, 1.82) is 0 Å². The van der Waals surface area contributed by atoms with Crippen molar-refractivity contribution in [1.82, 2.24) is 10.2 Å². The summed E-state index contributed by atoms with van der Waals surface area (Å²) >= 11 is 0. The number of nitrogens with one attached hydrogen (secondary N) is 1.